The van der Waals surface area contributed by atoms with Gasteiger partial charge in [0.15, 0.2) is 0 Å². The van der Waals surface area contributed by atoms with E-state index in [2.05, 4.69) is 5.32 Å². The molecule has 1 N–H and O–H groups in total. The van der Waals surface area contributed by atoms with E-state index in [0.29, 0.717) is 24.4 Å². The summed E-state index contributed by atoms with van der Waals surface area (Å²) < 4.78 is 27.4. The van der Waals surface area contributed by atoms with E-state index in [-0.39, 0.29) is 22.4 Å². The van der Waals surface area contributed by atoms with Gasteiger partial charge in [0.1, 0.15) is 4.90 Å². The number of rotatable bonds is 5. The number of carbonyl (C=O) groups is 1. The fourth-order valence-corrected chi connectivity index (χ4v) is 5.64. The molecule has 0 radical (unpaired) electrons. The summed E-state index contributed by atoms with van der Waals surface area (Å²) in [7, 11) is -3.83. The third kappa shape index (κ3) is 4.51. The van der Waals surface area contributed by atoms with Gasteiger partial charge in [-0.15, -0.1) is 0 Å². The molecule has 0 aliphatic carbocycles. The third-order valence-corrected chi connectivity index (χ3v) is 7.50. The Hall–Kier alpha value is -1.60. The fourth-order valence-electron chi connectivity index (χ4n) is 3.37. The number of aryl methyl sites for hydroxylation is 1. The lowest BCUT2D eigenvalue weighted by atomic mass is 9.98. The Labute approximate surface area is 175 Å². The molecular formula is C20H22Cl2N2O3S. The molecule has 1 heterocycles. The lowest BCUT2D eigenvalue weighted by molar-refractivity contribution is -0.120. The average molecular weight is 441 g/mol. The smallest absolute Gasteiger partial charge is 0.244 e. The molecule has 150 valence electrons. The zero-order valence-electron chi connectivity index (χ0n) is 15.5. The van der Waals surface area contributed by atoms with Crippen LogP contribution in [0.4, 0.5) is 5.69 Å². The molecule has 0 aromatic heterocycles. The van der Waals surface area contributed by atoms with Gasteiger partial charge in [-0.2, -0.15) is 4.31 Å². The van der Waals surface area contributed by atoms with Crippen LogP contribution in [0.5, 0.6) is 0 Å². The van der Waals surface area contributed by atoms with Crippen molar-refractivity contribution >= 4 is 44.8 Å². The van der Waals surface area contributed by atoms with Gasteiger partial charge in [-0.1, -0.05) is 48.3 Å². The Bertz CT molecular complexity index is 979. The van der Waals surface area contributed by atoms with Crippen molar-refractivity contribution in [2.75, 3.05) is 18.4 Å². The molecule has 1 fully saturated rings. The zero-order valence-corrected chi connectivity index (χ0v) is 17.8. The molecule has 3 rings (SSSR count). The minimum Gasteiger partial charge on any atom is -0.326 e. The first-order valence-corrected chi connectivity index (χ1v) is 11.4. The molecular weight excluding hydrogens is 419 g/mol. The maximum Gasteiger partial charge on any atom is 0.244 e. The number of halogens is 2. The number of piperidine rings is 1. The molecule has 1 amide bonds. The second kappa shape index (κ2) is 8.82. The number of hydrogen-bond acceptors (Lipinski definition) is 3. The van der Waals surface area contributed by atoms with E-state index in [4.69, 9.17) is 23.2 Å². The highest BCUT2D eigenvalue weighted by Gasteiger charge is 2.34. The minimum absolute atomic E-state index is 0.0287. The quantitative estimate of drug-likeness (QED) is 0.738. The lowest BCUT2D eigenvalue weighted by Crippen LogP contribution is -2.43. The molecule has 1 aliphatic rings. The van der Waals surface area contributed by atoms with Gasteiger partial charge in [0.05, 0.1) is 10.9 Å². The first-order chi connectivity index (χ1) is 13.3. The molecule has 5 nitrogen and oxygen atoms in total. The Morgan fingerprint density at radius 3 is 2.71 bits per heavy atom. The van der Waals surface area contributed by atoms with Crippen molar-refractivity contribution in [1.82, 2.24) is 4.31 Å². The van der Waals surface area contributed by atoms with Crippen molar-refractivity contribution in [2.45, 2.75) is 31.1 Å². The molecule has 2 aromatic carbocycles. The number of amides is 1. The first kappa shape index (κ1) is 21.1. The van der Waals surface area contributed by atoms with Crippen molar-refractivity contribution in [3.8, 4) is 0 Å². The maximum absolute atomic E-state index is 13.0. The van der Waals surface area contributed by atoms with Crippen LogP contribution in [-0.4, -0.2) is 31.7 Å². The molecule has 2 aromatic rings. The standard InChI is InChI=1S/C20H22Cl2N2O3S/c1-2-14-6-3-4-8-18(14)23-20(25)15-7-5-11-24(13-15)28(26,27)19-12-16(21)9-10-17(19)22/h3-4,6,8-10,12,15H,2,5,7,11,13H2,1H3,(H,23,25)/t15-/m0/s1. The summed E-state index contributed by atoms with van der Waals surface area (Å²) in [6, 6.07) is 12.0. The number of carbonyl (C=O) groups excluding carboxylic acids is 1. The monoisotopic (exact) mass is 440 g/mol. The SMILES string of the molecule is CCc1ccccc1NC(=O)[C@H]1CCCN(S(=O)(=O)c2cc(Cl)ccc2Cl)C1. The Balaban J connectivity index is 1.78. The van der Waals surface area contributed by atoms with Crippen LogP contribution in [-0.2, 0) is 21.2 Å². The van der Waals surface area contributed by atoms with Gasteiger partial charge in [0, 0.05) is 23.8 Å². The van der Waals surface area contributed by atoms with E-state index in [9.17, 15) is 13.2 Å². The van der Waals surface area contributed by atoms with Crippen LogP contribution < -0.4 is 5.32 Å². The molecule has 1 saturated heterocycles. The molecule has 1 aliphatic heterocycles. The third-order valence-electron chi connectivity index (χ3n) is 4.92. The summed E-state index contributed by atoms with van der Waals surface area (Å²) in [6.45, 7) is 2.49. The largest absolute Gasteiger partial charge is 0.326 e. The van der Waals surface area contributed by atoms with Gasteiger partial charge in [-0.05, 0) is 49.1 Å². The second-order valence-corrected chi connectivity index (χ2v) is 9.53. The average Bonchev–Trinajstić information content (AvgIpc) is 2.70. The molecule has 0 bridgehead atoms. The molecule has 0 spiro atoms. The van der Waals surface area contributed by atoms with Crippen LogP contribution in [0.3, 0.4) is 0 Å². The van der Waals surface area contributed by atoms with E-state index in [1.807, 2.05) is 31.2 Å². The van der Waals surface area contributed by atoms with Gasteiger partial charge in [0.25, 0.3) is 0 Å². The number of benzene rings is 2. The van der Waals surface area contributed by atoms with Crippen molar-refractivity contribution in [2.24, 2.45) is 5.92 Å². The number of nitrogens with zero attached hydrogens (tertiary/aromatic N) is 1. The van der Waals surface area contributed by atoms with Crippen LogP contribution in [0.25, 0.3) is 0 Å². The number of sulfonamides is 1. The molecule has 28 heavy (non-hydrogen) atoms. The van der Waals surface area contributed by atoms with Crippen LogP contribution in [0.15, 0.2) is 47.4 Å². The number of hydrogen-bond donors (Lipinski definition) is 1. The molecule has 0 unspecified atom stereocenters. The Morgan fingerprint density at radius 1 is 1.21 bits per heavy atom. The van der Waals surface area contributed by atoms with E-state index in [0.717, 1.165) is 17.7 Å². The normalized spacial score (nSPS) is 18.0. The number of para-hydroxylation sites is 1. The molecule has 1 atom stereocenters. The maximum atomic E-state index is 13.0. The predicted molar refractivity (Wildman–Crippen MR) is 112 cm³/mol. The number of anilines is 1. The summed E-state index contributed by atoms with van der Waals surface area (Å²) in [5.74, 6) is -0.593. The van der Waals surface area contributed by atoms with Crippen molar-refractivity contribution in [1.29, 1.82) is 0 Å². The van der Waals surface area contributed by atoms with E-state index >= 15 is 0 Å². The summed E-state index contributed by atoms with van der Waals surface area (Å²) >= 11 is 12.0. The summed E-state index contributed by atoms with van der Waals surface area (Å²) in [5, 5.41) is 3.37. The highest BCUT2D eigenvalue weighted by atomic mass is 35.5. The van der Waals surface area contributed by atoms with Gasteiger partial charge < -0.3 is 5.32 Å². The zero-order chi connectivity index (χ0) is 20.3. The summed E-state index contributed by atoms with van der Waals surface area (Å²) in [4.78, 5) is 12.8. The van der Waals surface area contributed by atoms with Gasteiger partial charge in [-0.25, -0.2) is 8.42 Å². The molecule has 8 heteroatoms. The Morgan fingerprint density at radius 2 is 1.96 bits per heavy atom. The second-order valence-electron chi connectivity index (χ2n) is 6.78. The minimum atomic E-state index is -3.83. The van der Waals surface area contributed by atoms with Crippen LogP contribution >= 0.6 is 23.2 Å². The topological polar surface area (TPSA) is 66.5 Å². The van der Waals surface area contributed by atoms with E-state index < -0.39 is 15.9 Å². The number of nitrogens with one attached hydrogen (secondary N) is 1. The van der Waals surface area contributed by atoms with Crippen molar-refractivity contribution < 1.29 is 13.2 Å². The first-order valence-electron chi connectivity index (χ1n) is 9.17. The van der Waals surface area contributed by atoms with E-state index in [1.54, 1.807) is 6.07 Å². The Kier molecular flexibility index (Phi) is 6.65. The van der Waals surface area contributed by atoms with Gasteiger partial charge >= 0.3 is 0 Å². The van der Waals surface area contributed by atoms with Crippen LogP contribution in [0.1, 0.15) is 25.3 Å². The molecule has 0 saturated carbocycles. The summed E-state index contributed by atoms with van der Waals surface area (Å²) in [5.41, 5.74) is 1.81. The van der Waals surface area contributed by atoms with Gasteiger partial charge in [-0.3, -0.25) is 4.79 Å². The highest BCUT2D eigenvalue weighted by molar-refractivity contribution is 7.89. The van der Waals surface area contributed by atoms with Crippen molar-refractivity contribution in [3.05, 3.63) is 58.1 Å². The summed E-state index contributed by atoms with van der Waals surface area (Å²) in [6.07, 6.45) is 2.04. The fraction of sp³-hybridized carbons (Fsp3) is 0.350. The predicted octanol–water partition coefficient (Wildman–Crippen LogP) is 4.60. The van der Waals surface area contributed by atoms with E-state index in [1.165, 1.54) is 16.4 Å². The van der Waals surface area contributed by atoms with Crippen molar-refractivity contribution in [3.63, 3.8) is 0 Å². The lowest BCUT2D eigenvalue weighted by Gasteiger charge is -2.31. The van der Waals surface area contributed by atoms with Crippen LogP contribution in [0, 0.1) is 5.92 Å². The van der Waals surface area contributed by atoms with Crippen LogP contribution in [0.2, 0.25) is 10.0 Å². The highest BCUT2D eigenvalue weighted by Crippen LogP contribution is 2.31. The van der Waals surface area contributed by atoms with Gasteiger partial charge in [0.2, 0.25) is 15.9 Å².